The lowest BCUT2D eigenvalue weighted by Gasteiger charge is -2.14. The molecule has 0 radical (unpaired) electrons. The number of hydrogen-bond acceptors (Lipinski definition) is 2. The standard InChI is InChI=1S/C19H24Cl2N2O2/c1-23(2)9-8-22-12-14-10-17(21)19(18(11-14)24-3)25-13-15-6-4-5-7-16(15)20/h4-7,10-11,22H,8-9,12-13H2,1-3H3/p+2. The minimum Gasteiger partial charge on any atom is -0.493 e. The summed E-state index contributed by atoms with van der Waals surface area (Å²) in [5.74, 6) is 1.19. The third-order valence-corrected chi connectivity index (χ3v) is 4.50. The zero-order valence-corrected chi connectivity index (χ0v) is 16.5. The number of likely N-dealkylation sites (N-methyl/N-ethyl adjacent to an activating group) is 1. The number of hydrogen-bond donors (Lipinski definition) is 2. The number of rotatable bonds is 9. The Labute approximate surface area is 159 Å². The number of halogens is 2. The van der Waals surface area contributed by atoms with Crippen molar-refractivity contribution in [3.63, 3.8) is 0 Å². The van der Waals surface area contributed by atoms with Gasteiger partial charge in [0.1, 0.15) is 26.2 Å². The van der Waals surface area contributed by atoms with Gasteiger partial charge < -0.3 is 19.7 Å². The monoisotopic (exact) mass is 384 g/mol. The summed E-state index contributed by atoms with van der Waals surface area (Å²) < 4.78 is 11.4. The lowest BCUT2D eigenvalue weighted by Crippen LogP contribution is -3.09. The van der Waals surface area contributed by atoms with Crippen LogP contribution in [0.2, 0.25) is 10.0 Å². The smallest absolute Gasteiger partial charge is 0.180 e. The van der Waals surface area contributed by atoms with E-state index >= 15 is 0 Å². The molecule has 0 aliphatic heterocycles. The van der Waals surface area contributed by atoms with Gasteiger partial charge in [0.2, 0.25) is 0 Å². The Morgan fingerprint density at radius 3 is 2.52 bits per heavy atom. The van der Waals surface area contributed by atoms with E-state index in [1.807, 2.05) is 36.4 Å². The van der Waals surface area contributed by atoms with Gasteiger partial charge in [0.25, 0.3) is 0 Å². The summed E-state index contributed by atoms with van der Waals surface area (Å²) in [6.07, 6.45) is 0. The Hall–Kier alpha value is -1.46. The Morgan fingerprint density at radius 2 is 1.84 bits per heavy atom. The van der Waals surface area contributed by atoms with Crippen LogP contribution in [0, 0.1) is 0 Å². The molecule has 0 aliphatic carbocycles. The van der Waals surface area contributed by atoms with E-state index < -0.39 is 0 Å². The summed E-state index contributed by atoms with van der Waals surface area (Å²) in [6.45, 7) is 3.37. The molecular formula is C19H26Cl2N2O2+2. The number of methoxy groups -OCH3 is 1. The average molecular weight is 385 g/mol. The molecule has 0 fully saturated rings. The summed E-state index contributed by atoms with van der Waals surface area (Å²) in [4.78, 5) is 1.44. The van der Waals surface area contributed by atoms with Gasteiger partial charge in [-0.15, -0.1) is 0 Å². The van der Waals surface area contributed by atoms with E-state index in [9.17, 15) is 0 Å². The third-order valence-electron chi connectivity index (χ3n) is 3.85. The highest BCUT2D eigenvalue weighted by Crippen LogP contribution is 2.37. The van der Waals surface area contributed by atoms with Crippen LogP contribution in [0.4, 0.5) is 0 Å². The fourth-order valence-electron chi connectivity index (χ4n) is 2.46. The zero-order chi connectivity index (χ0) is 18.2. The van der Waals surface area contributed by atoms with E-state index in [2.05, 4.69) is 19.4 Å². The molecule has 0 saturated carbocycles. The molecule has 2 rings (SSSR count). The summed E-state index contributed by atoms with van der Waals surface area (Å²) in [5.41, 5.74) is 2.02. The summed E-state index contributed by atoms with van der Waals surface area (Å²) in [7, 11) is 5.93. The Balaban J connectivity index is 2.04. The second-order valence-corrected chi connectivity index (χ2v) is 7.04. The molecule has 0 aromatic heterocycles. The van der Waals surface area contributed by atoms with Gasteiger partial charge in [-0.1, -0.05) is 41.4 Å². The van der Waals surface area contributed by atoms with E-state index in [4.69, 9.17) is 32.7 Å². The van der Waals surface area contributed by atoms with Crippen molar-refractivity contribution in [2.75, 3.05) is 34.3 Å². The number of nitrogens with two attached hydrogens (primary N) is 1. The first-order valence-corrected chi connectivity index (χ1v) is 9.10. The fourth-order valence-corrected chi connectivity index (χ4v) is 2.93. The van der Waals surface area contributed by atoms with Gasteiger partial charge in [-0.2, -0.15) is 0 Å². The van der Waals surface area contributed by atoms with Crippen LogP contribution in [-0.2, 0) is 13.2 Å². The van der Waals surface area contributed by atoms with E-state index in [1.165, 1.54) is 4.90 Å². The lowest BCUT2D eigenvalue weighted by atomic mass is 10.2. The van der Waals surface area contributed by atoms with Crippen molar-refractivity contribution in [3.8, 4) is 11.5 Å². The fraction of sp³-hybridized carbons (Fsp3) is 0.368. The van der Waals surface area contributed by atoms with Crippen LogP contribution in [0.25, 0.3) is 0 Å². The Morgan fingerprint density at radius 1 is 1.08 bits per heavy atom. The van der Waals surface area contributed by atoms with Gasteiger partial charge in [-0.25, -0.2) is 0 Å². The first kappa shape index (κ1) is 19.9. The maximum atomic E-state index is 6.43. The van der Waals surface area contributed by atoms with Crippen molar-refractivity contribution < 1.29 is 19.7 Å². The van der Waals surface area contributed by atoms with Crippen molar-refractivity contribution in [2.24, 2.45) is 0 Å². The molecule has 0 saturated heterocycles. The van der Waals surface area contributed by atoms with Crippen LogP contribution < -0.4 is 19.7 Å². The van der Waals surface area contributed by atoms with E-state index in [1.54, 1.807) is 7.11 Å². The third kappa shape index (κ3) is 6.08. The van der Waals surface area contributed by atoms with Crippen molar-refractivity contribution in [3.05, 3.63) is 57.6 Å². The molecule has 2 aromatic rings. The minimum absolute atomic E-state index is 0.340. The normalized spacial score (nSPS) is 11.0. The molecule has 2 aromatic carbocycles. The van der Waals surface area contributed by atoms with Crippen molar-refractivity contribution in [1.82, 2.24) is 0 Å². The van der Waals surface area contributed by atoms with E-state index in [0.717, 1.165) is 30.8 Å². The molecule has 0 atom stereocenters. The quantitative estimate of drug-likeness (QED) is 0.647. The lowest BCUT2D eigenvalue weighted by molar-refractivity contribution is -0.875. The molecule has 0 spiro atoms. The second-order valence-electron chi connectivity index (χ2n) is 6.23. The number of quaternary nitrogens is 2. The SMILES string of the molecule is COc1cc(C[NH2+]CC[NH+](C)C)cc(Cl)c1OCc1ccccc1Cl. The van der Waals surface area contributed by atoms with Gasteiger partial charge in [0, 0.05) is 16.1 Å². The molecular weight excluding hydrogens is 359 g/mol. The average Bonchev–Trinajstić information content (AvgIpc) is 2.58. The Kier molecular flexibility index (Phi) is 7.85. The molecule has 4 nitrogen and oxygen atoms in total. The van der Waals surface area contributed by atoms with Crippen LogP contribution >= 0.6 is 23.2 Å². The predicted octanol–water partition coefficient (Wildman–Crippen LogP) is 1.79. The van der Waals surface area contributed by atoms with Gasteiger partial charge in [0.05, 0.1) is 26.2 Å². The van der Waals surface area contributed by atoms with Crippen LogP contribution in [0.5, 0.6) is 11.5 Å². The minimum atomic E-state index is 0.340. The molecule has 0 heterocycles. The first-order chi connectivity index (χ1) is 12.0. The highest BCUT2D eigenvalue weighted by Gasteiger charge is 2.14. The first-order valence-electron chi connectivity index (χ1n) is 8.34. The van der Waals surface area contributed by atoms with Gasteiger partial charge in [-0.3, -0.25) is 0 Å². The highest BCUT2D eigenvalue weighted by atomic mass is 35.5. The molecule has 6 heteroatoms. The maximum absolute atomic E-state index is 6.43. The maximum Gasteiger partial charge on any atom is 0.180 e. The molecule has 0 amide bonds. The van der Waals surface area contributed by atoms with Crippen LogP contribution in [0.3, 0.4) is 0 Å². The Bertz CT molecular complexity index is 693. The molecule has 136 valence electrons. The van der Waals surface area contributed by atoms with Crippen LogP contribution in [-0.4, -0.2) is 34.3 Å². The summed E-state index contributed by atoms with van der Waals surface area (Å²) >= 11 is 12.6. The van der Waals surface area contributed by atoms with Crippen LogP contribution in [0.15, 0.2) is 36.4 Å². The van der Waals surface area contributed by atoms with Crippen molar-refractivity contribution in [1.29, 1.82) is 0 Å². The highest BCUT2D eigenvalue weighted by molar-refractivity contribution is 6.32. The molecule has 0 bridgehead atoms. The number of benzene rings is 2. The van der Waals surface area contributed by atoms with Gasteiger partial charge >= 0.3 is 0 Å². The zero-order valence-electron chi connectivity index (χ0n) is 14.9. The molecule has 3 N–H and O–H groups in total. The molecule has 0 aliphatic rings. The van der Waals surface area contributed by atoms with E-state index in [0.29, 0.717) is 28.2 Å². The van der Waals surface area contributed by atoms with Gasteiger partial charge in [-0.05, 0) is 18.2 Å². The summed E-state index contributed by atoms with van der Waals surface area (Å²) in [6, 6.07) is 11.5. The number of ether oxygens (including phenoxy) is 2. The predicted molar refractivity (Wildman–Crippen MR) is 102 cm³/mol. The summed E-state index contributed by atoms with van der Waals surface area (Å²) in [5, 5.41) is 3.49. The van der Waals surface area contributed by atoms with Crippen molar-refractivity contribution in [2.45, 2.75) is 13.2 Å². The van der Waals surface area contributed by atoms with Crippen LogP contribution in [0.1, 0.15) is 11.1 Å². The van der Waals surface area contributed by atoms with Gasteiger partial charge in [0.15, 0.2) is 11.5 Å². The molecule has 0 unspecified atom stereocenters. The number of nitrogens with one attached hydrogen (secondary N) is 1. The molecule has 25 heavy (non-hydrogen) atoms. The van der Waals surface area contributed by atoms with E-state index in [-0.39, 0.29) is 0 Å². The second kappa shape index (κ2) is 9.88. The largest absolute Gasteiger partial charge is 0.493 e. The topological polar surface area (TPSA) is 39.5 Å². The van der Waals surface area contributed by atoms with Crippen molar-refractivity contribution >= 4 is 23.2 Å².